The average molecular weight is 302 g/mol. The molecule has 0 atom stereocenters. The Morgan fingerprint density at radius 3 is 2.23 bits per heavy atom. The Bertz CT molecular complexity index is 653. The van der Waals surface area contributed by atoms with E-state index >= 15 is 0 Å². The van der Waals surface area contributed by atoms with Gasteiger partial charge in [-0.1, -0.05) is 34.6 Å². The first-order chi connectivity index (χ1) is 10.0. The van der Waals surface area contributed by atoms with Crippen LogP contribution in [-0.2, 0) is 31.3 Å². The molecule has 2 aromatic rings. The fourth-order valence-corrected chi connectivity index (χ4v) is 3.21. The highest BCUT2D eigenvalue weighted by molar-refractivity contribution is 5.28. The van der Waals surface area contributed by atoms with Gasteiger partial charge in [-0.25, -0.2) is 0 Å². The summed E-state index contributed by atoms with van der Waals surface area (Å²) < 4.78 is 3.94. The highest BCUT2D eigenvalue weighted by atomic mass is 15.3. The van der Waals surface area contributed by atoms with Crippen LogP contribution in [0.5, 0.6) is 0 Å². The Hall–Kier alpha value is -1.58. The number of hydrogen-bond donors (Lipinski definition) is 0. The molecule has 0 radical (unpaired) electrons. The normalized spacial score (nSPS) is 12.9. The second-order valence-corrected chi connectivity index (χ2v) is 8.10. The van der Waals surface area contributed by atoms with Crippen LogP contribution in [0.15, 0.2) is 12.4 Å². The van der Waals surface area contributed by atoms with Gasteiger partial charge in [-0.05, 0) is 36.3 Å². The van der Waals surface area contributed by atoms with Crippen LogP contribution in [0.3, 0.4) is 0 Å². The standard InChI is InChI=1S/C18H30N4/c1-13-12-21(7)20-16(13)18(5,6)10-9-15-14(17(2,3)4)11-19-22(15)8/h11-12H,9-10H2,1-8H3. The average Bonchev–Trinajstić information content (AvgIpc) is 2.89. The highest BCUT2D eigenvalue weighted by Crippen LogP contribution is 2.32. The van der Waals surface area contributed by atoms with E-state index in [-0.39, 0.29) is 10.8 Å². The Kier molecular flexibility index (Phi) is 4.24. The topological polar surface area (TPSA) is 35.6 Å². The van der Waals surface area contributed by atoms with E-state index in [0.717, 1.165) is 12.8 Å². The first kappa shape index (κ1) is 16.8. The van der Waals surface area contributed by atoms with Crippen molar-refractivity contribution < 1.29 is 0 Å². The third kappa shape index (κ3) is 3.26. The van der Waals surface area contributed by atoms with Gasteiger partial charge in [-0.2, -0.15) is 10.2 Å². The summed E-state index contributed by atoms with van der Waals surface area (Å²) in [5, 5.41) is 9.14. The van der Waals surface area contributed by atoms with Crippen molar-refractivity contribution in [3.8, 4) is 0 Å². The molecule has 122 valence electrons. The van der Waals surface area contributed by atoms with Gasteiger partial charge >= 0.3 is 0 Å². The van der Waals surface area contributed by atoms with Gasteiger partial charge in [-0.15, -0.1) is 0 Å². The van der Waals surface area contributed by atoms with Crippen molar-refractivity contribution in [2.24, 2.45) is 14.1 Å². The second-order valence-electron chi connectivity index (χ2n) is 8.10. The lowest BCUT2D eigenvalue weighted by atomic mass is 9.80. The molecule has 0 saturated carbocycles. The molecule has 2 rings (SSSR count). The second kappa shape index (κ2) is 5.56. The molecule has 4 nitrogen and oxygen atoms in total. The third-order valence-electron chi connectivity index (χ3n) is 4.51. The third-order valence-corrected chi connectivity index (χ3v) is 4.51. The van der Waals surface area contributed by atoms with E-state index in [0.29, 0.717) is 0 Å². The molecule has 0 aliphatic heterocycles. The fourth-order valence-electron chi connectivity index (χ4n) is 3.21. The number of rotatable bonds is 4. The summed E-state index contributed by atoms with van der Waals surface area (Å²) in [5.74, 6) is 0. The molecular formula is C18H30N4. The van der Waals surface area contributed by atoms with Gasteiger partial charge in [0.1, 0.15) is 0 Å². The summed E-state index contributed by atoms with van der Waals surface area (Å²) >= 11 is 0. The largest absolute Gasteiger partial charge is 0.275 e. The molecule has 22 heavy (non-hydrogen) atoms. The summed E-state index contributed by atoms with van der Waals surface area (Å²) in [6.07, 6.45) is 6.20. The molecule has 0 N–H and O–H groups in total. The SMILES string of the molecule is Cc1cn(C)nc1C(C)(C)CCc1c(C(C)(C)C)cnn1C. The number of aryl methyl sites for hydroxylation is 3. The molecule has 0 amide bonds. The zero-order chi connectivity index (χ0) is 16.7. The summed E-state index contributed by atoms with van der Waals surface area (Å²) in [5.41, 5.74) is 5.36. The summed E-state index contributed by atoms with van der Waals surface area (Å²) in [6, 6.07) is 0. The van der Waals surface area contributed by atoms with Crippen molar-refractivity contribution in [3.63, 3.8) is 0 Å². The highest BCUT2D eigenvalue weighted by Gasteiger charge is 2.28. The van der Waals surface area contributed by atoms with Crippen molar-refractivity contribution in [1.82, 2.24) is 19.6 Å². The Morgan fingerprint density at radius 1 is 1.09 bits per heavy atom. The predicted molar refractivity (Wildman–Crippen MR) is 91.2 cm³/mol. The molecular weight excluding hydrogens is 272 g/mol. The van der Waals surface area contributed by atoms with E-state index in [9.17, 15) is 0 Å². The lowest BCUT2D eigenvalue weighted by Gasteiger charge is -2.25. The predicted octanol–water partition coefficient (Wildman–Crippen LogP) is 3.67. The maximum absolute atomic E-state index is 4.67. The van der Waals surface area contributed by atoms with E-state index in [4.69, 9.17) is 0 Å². The van der Waals surface area contributed by atoms with Gasteiger partial charge < -0.3 is 0 Å². The first-order valence-electron chi connectivity index (χ1n) is 8.04. The molecule has 2 aromatic heterocycles. The molecule has 4 heteroatoms. The van der Waals surface area contributed by atoms with Gasteiger partial charge in [-0.3, -0.25) is 9.36 Å². The van der Waals surface area contributed by atoms with Gasteiger partial charge in [0.25, 0.3) is 0 Å². The Morgan fingerprint density at radius 2 is 1.73 bits per heavy atom. The van der Waals surface area contributed by atoms with Crippen LogP contribution >= 0.6 is 0 Å². The molecule has 0 aromatic carbocycles. The zero-order valence-corrected chi connectivity index (χ0v) is 15.4. The minimum Gasteiger partial charge on any atom is -0.275 e. The van der Waals surface area contributed by atoms with E-state index in [1.54, 1.807) is 0 Å². The van der Waals surface area contributed by atoms with Crippen molar-refractivity contribution >= 4 is 0 Å². The molecule has 0 unspecified atom stereocenters. The first-order valence-corrected chi connectivity index (χ1v) is 8.04. The molecule has 0 bridgehead atoms. The van der Waals surface area contributed by atoms with E-state index in [1.807, 2.05) is 29.7 Å². The molecule has 2 heterocycles. The van der Waals surface area contributed by atoms with Crippen molar-refractivity contribution in [2.45, 2.75) is 65.2 Å². The Balaban J connectivity index is 2.23. The monoisotopic (exact) mass is 302 g/mol. The maximum Gasteiger partial charge on any atom is 0.0709 e. The fraction of sp³-hybridized carbons (Fsp3) is 0.667. The van der Waals surface area contributed by atoms with Crippen LogP contribution < -0.4 is 0 Å². The molecule has 0 aliphatic carbocycles. The summed E-state index contributed by atoms with van der Waals surface area (Å²) in [6.45, 7) is 13.5. The van der Waals surface area contributed by atoms with Gasteiger partial charge in [0.15, 0.2) is 0 Å². The van der Waals surface area contributed by atoms with E-state index in [2.05, 4.69) is 57.9 Å². The minimum atomic E-state index is 0.0603. The lowest BCUT2D eigenvalue weighted by molar-refractivity contribution is 0.446. The van der Waals surface area contributed by atoms with Gasteiger partial charge in [0, 0.05) is 31.4 Å². The van der Waals surface area contributed by atoms with Crippen LogP contribution in [0.1, 0.15) is 63.6 Å². The quantitative estimate of drug-likeness (QED) is 0.864. The van der Waals surface area contributed by atoms with Crippen LogP contribution in [0, 0.1) is 6.92 Å². The molecule has 0 aliphatic rings. The Labute approximate surface area is 134 Å². The minimum absolute atomic E-state index is 0.0603. The van der Waals surface area contributed by atoms with Crippen molar-refractivity contribution in [3.05, 3.63) is 34.9 Å². The number of aromatic nitrogens is 4. The van der Waals surface area contributed by atoms with Crippen LogP contribution in [0.4, 0.5) is 0 Å². The number of nitrogens with zero attached hydrogens (tertiary/aromatic N) is 4. The molecule has 0 saturated heterocycles. The van der Waals surface area contributed by atoms with Crippen LogP contribution in [0.25, 0.3) is 0 Å². The maximum atomic E-state index is 4.67. The van der Waals surface area contributed by atoms with Gasteiger partial charge in [0.2, 0.25) is 0 Å². The van der Waals surface area contributed by atoms with Crippen LogP contribution in [-0.4, -0.2) is 19.6 Å². The van der Waals surface area contributed by atoms with Crippen molar-refractivity contribution in [2.75, 3.05) is 0 Å². The van der Waals surface area contributed by atoms with Gasteiger partial charge in [0.05, 0.1) is 11.9 Å². The molecule has 0 spiro atoms. The molecule has 0 fully saturated rings. The number of hydrogen-bond acceptors (Lipinski definition) is 2. The van der Waals surface area contributed by atoms with E-state index < -0.39 is 0 Å². The van der Waals surface area contributed by atoms with Crippen LogP contribution in [0.2, 0.25) is 0 Å². The summed E-state index contributed by atoms with van der Waals surface area (Å²) in [7, 11) is 4.04. The van der Waals surface area contributed by atoms with Crippen molar-refractivity contribution in [1.29, 1.82) is 0 Å². The summed E-state index contributed by atoms with van der Waals surface area (Å²) in [4.78, 5) is 0. The lowest BCUT2D eigenvalue weighted by Crippen LogP contribution is -2.22. The zero-order valence-electron chi connectivity index (χ0n) is 15.4. The smallest absolute Gasteiger partial charge is 0.0709 e. The van der Waals surface area contributed by atoms with E-state index in [1.165, 1.54) is 22.5 Å².